The van der Waals surface area contributed by atoms with Crippen LogP contribution in [-0.2, 0) is 24.8 Å². The lowest BCUT2D eigenvalue weighted by atomic mass is 10.1. The predicted molar refractivity (Wildman–Crippen MR) is 132 cm³/mol. The van der Waals surface area contributed by atoms with Crippen LogP contribution in [0.3, 0.4) is 0 Å². The van der Waals surface area contributed by atoms with Gasteiger partial charge in [0.15, 0.2) is 5.78 Å². The fraction of sp³-hybridized carbons (Fsp3) is 0.458. The van der Waals surface area contributed by atoms with E-state index in [1.807, 2.05) is 13.8 Å². The van der Waals surface area contributed by atoms with Crippen LogP contribution < -0.4 is 5.32 Å². The van der Waals surface area contributed by atoms with E-state index in [2.05, 4.69) is 5.32 Å². The molecule has 2 unspecified atom stereocenters. The molecule has 0 spiro atoms. The molecule has 0 radical (unpaired) electrons. The number of carbonyl (C=O) groups excluding carboxylic acids is 1. The lowest BCUT2D eigenvalue weighted by Gasteiger charge is -2.34. The molecule has 0 saturated carbocycles. The summed E-state index contributed by atoms with van der Waals surface area (Å²) in [5.74, 6) is -0.205. The van der Waals surface area contributed by atoms with Crippen LogP contribution >= 0.6 is 0 Å². The molecular formula is C24H31N3O6S2. The molecule has 2 aromatic carbocycles. The Hall–Kier alpha value is -2.31. The molecule has 4 rings (SSSR count). The van der Waals surface area contributed by atoms with Crippen LogP contribution in [0.25, 0.3) is 0 Å². The Morgan fingerprint density at radius 1 is 0.829 bits per heavy atom. The SMILES string of the molecule is CC1CN(S(=O)(=O)c2ccc(NCC(=O)c3ccc(S(=O)(=O)N4CCCC4)cc3)cc2)CC(C)O1. The average Bonchev–Trinajstić information content (AvgIpc) is 3.38. The van der Waals surface area contributed by atoms with E-state index in [-0.39, 0.29) is 34.3 Å². The summed E-state index contributed by atoms with van der Waals surface area (Å²) in [5.41, 5.74) is 1.00. The number of morpholine rings is 1. The number of ether oxygens (including phenoxy) is 1. The van der Waals surface area contributed by atoms with Crippen LogP contribution in [-0.4, -0.2) is 76.2 Å². The van der Waals surface area contributed by atoms with Crippen molar-refractivity contribution in [3.05, 3.63) is 54.1 Å². The molecule has 0 aliphatic carbocycles. The van der Waals surface area contributed by atoms with Gasteiger partial charge in [-0.2, -0.15) is 8.61 Å². The Bertz CT molecular complexity index is 1250. The molecule has 9 nitrogen and oxygen atoms in total. The number of sulfonamides is 2. The minimum atomic E-state index is -3.64. The molecule has 2 aliphatic heterocycles. The maximum Gasteiger partial charge on any atom is 0.243 e. The quantitative estimate of drug-likeness (QED) is 0.531. The van der Waals surface area contributed by atoms with Gasteiger partial charge in [-0.25, -0.2) is 16.8 Å². The first-order valence-electron chi connectivity index (χ1n) is 11.7. The smallest absolute Gasteiger partial charge is 0.243 e. The van der Waals surface area contributed by atoms with Crippen LogP contribution in [0.2, 0.25) is 0 Å². The van der Waals surface area contributed by atoms with Gasteiger partial charge in [0.2, 0.25) is 20.0 Å². The Balaban J connectivity index is 1.36. The van der Waals surface area contributed by atoms with Crippen molar-refractivity contribution in [2.75, 3.05) is 38.0 Å². The van der Waals surface area contributed by atoms with E-state index in [9.17, 15) is 21.6 Å². The van der Waals surface area contributed by atoms with Gasteiger partial charge in [-0.05, 0) is 75.2 Å². The summed E-state index contributed by atoms with van der Waals surface area (Å²) >= 11 is 0. The first-order valence-corrected chi connectivity index (χ1v) is 14.6. The van der Waals surface area contributed by atoms with Crippen molar-refractivity contribution < 1.29 is 26.4 Å². The minimum Gasteiger partial charge on any atom is -0.378 e. The molecule has 2 aromatic rings. The number of nitrogens with one attached hydrogen (secondary N) is 1. The van der Waals surface area contributed by atoms with Crippen molar-refractivity contribution in [3.8, 4) is 0 Å². The van der Waals surface area contributed by atoms with Crippen molar-refractivity contribution in [1.82, 2.24) is 8.61 Å². The summed E-state index contributed by atoms with van der Waals surface area (Å²) in [5, 5.41) is 3.00. The van der Waals surface area contributed by atoms with Crippen molar-refractivity contribution in [1.29, 1.82) is 0 Å². The summed E-state index contributed by atoms with van der Waals surface area (Å²) in [4.78, 5) is 13.0. The molecule has 11 heteroatoms. The Morgan fingerprint density at radius 3 is 1.86 bits per heavy atom. The zero-order valence-electron chi connectivity index (χ0n) is 19.9. The van der Waals surface area contributed by atoms with Gasteiger partial charge in [0.1, 0.15) is 0 Å². The van der Waals surface area contributed by atoms with Gasteiger partial charge < -0.3 is 10.1 Å². The third-order valence-electron chi connectivity index (χ3n) is 6.21. The molecule has 2 fully saturated rings. The number of carbonyl (C=O) groups is 1. The average molecular weight is 522 g/mol. The molecule has 190 valence electrons. The van der Waals surface area contributed by atoms with Gasteiger partial charge in [-0.3, -0.25) is 4.79 Å². The summed E-state index contributed by atoms with van der Waals surface area (Å²) in [7, 11) is -7.16. The highest BCUT2D eigenvalue weighted by Gasteiger charge is 2.32. The van der Waals surface area contributed by atoms with Crippen LogP contribution in [0.4, 0.5) is 5.69 Å². The molecule has 0 aromatic heterocycles. The summed E-state index contributed by atoms with van der Waals surface area (Å²) in [6.07, 6.45) is 1.38. The van der Waals surface area contributed by atoms with Crippen molar-refractivity contribution >= 4 is 31.5 Å². The number of benzene rings is 2. The number of anilines is 1. The van der Waals surface area contributed by atoms with E-state index in [4.69, 9.17) is 4.74 Å². The second-order valence-electron chi connectivity index (χ2n) is 9.02. The van der Waals surface area contributed by atoms with Crippen LogP contribution in [0.5, 0.6) is 0 Å². The highest BCUT2D eigenvalue weighted by molar-refractivity contribution is 7.89. The largest absolute Gasteiger partial charge is 0.378 e. The fourth-order valence-electron chi connectivity index (χ4n) is 4.40. The van der Waals surface area contributed by atoms with E-state index in [0.29, 0.717) is 37.4 Å². The predicted octanol–water partition coefficient (Wildman–Crippen LogP) is 2.56. The van der Waals surface area contributed by atoms with Gasteiger partial charge in [-0.1, -0.05) is 0 Å². The third kappa shape index (κ3) is 5.75. The first-order chi connectivity index (χ1) is 16.6. The number of hydrogen-bond acceptors (Lipinski definition) is 7. The maximum atomic E-state index is 13.0. The Morgan fingerprint density at radius 2 is 1.31 bits per heavy atom. The summed E-state index contributed by atoms with van der Waals surface area (Å²) in [6.45, 7) is 5.35. The van der Waals surface area contributed by atoms with Crippen LogP contribution in [0.1, 0.15) is 37.0 Å². The van der Waals surface area contributed by atoms with Crippen LogP contribution in [0.15, 0.2) is 58.3 Å². The standard InChI is InChI=1S/C24H31N3O6S2/c1-18-16-27(17-19(2)33-18)35(31,32)23-11-7-21(8-12-23)25-15-24(28)20-5-9-22(10-6-20)34(29,30)26-13-3-4-14-26/h5-12,18-19,25H,3-4,13-17H2,1-2H3. The molecule has 2 aliphatic rings. The topological polar surface area (TPSA) is 113 Å². The molecule has 0 bridgehead atoms. The molecule has 2 saturated heterocycles. The number of rotatable bonds is 8. The second-order valence-corrected chi connectivity index (χ2v) is 12.9. The lowest BCUT2D eigenvalue weighted by molar-refractivity contribution is -0.0440. The highest BCUT2D eigenvalue weighted by atomic mass is 32.2. The number of ketones is 1. The first kappa shape index (κ1) is 25.8. The Kier molecular flexibility index (Phi) is 7.62. The number of hydrogen-bond donors (Lipinski definition) is 1. The Labute approximate surface area is 207 Å². The van der Waals surface area contributed by atoms with E-state index < -0.39 is 20.0 Å². The van der Waals surface area contributed by atoms with Crippen molar-refractivity contribution in [3.63, 3.8) is 0 Å². The van der Waals surface area contributed by atoms with E-state index in [1.54, 1.807) is 12.1 Å². The molecule has 0 amide bonds. The number of nitrogens with zero attached hydrogens (tertiary/aromatic N) is 2. The normalized spacial score (nSPS) is 22.2. The maximum absolute atomic E-state index is 13.0. The van der Waals surface area contributed by atoms with Gasteiger partial charge in [0.25, 0.3) is 0 Å². The van der Waals surface area contributed by atoms with Gasteiger partial charge in [0, 0.05) is 37.4 Å². The van der Waals surface area contributed by atoms with E-state index in [0.717, 1.165) is 12.8 Å². The van der Waals surface area contributed by atoms with Crippen molar-refractivity contribution in [2.45, 2.75) is 48.7 Å². The van der Waals surface area contributed by atoms with Crippen LogP contribution in [0, 0.1) is 0 Å². The minimum absolute atomic E-state index is 0.0111. The summed E-state index contributed by atoms with van der Waals surface area (Å²) < 4.78 is 59.7. The van der Waals surface area contributed by atoms with E-state index >= 15 is 0 Å². The number of Topliss-reactive ketones (excluding diaryl/α,β-unsaturated/α-hetero) is 1. The molecule has 35 heavy (non-hydrogen) atoms. The lowest BCUT2D eigenvalue weighted by Crippen LogP contribution is -2.48. The van der Waals surface area contributed by atoms with Gasteiger partial charge in [0.05, 0.1) is 28.5 Å². The van der Waals surface area contributed by atoms with Crippen molar-refractivity contribution in [2.24, 2.45) is 0 Å². The van der Waals surface area contributed by atoms with Gasteiger partial charge >= 0.3 is 0 Å². The van der Waals surface area contributed by atoms with Gasteiger partial charge in [-0.15, -0.1) is 0 Å². The highest BCUT2D eigenvalue weighted by Crippen LogP contribution is 2.23. The molecule has 2 atom stereocenters. The monoisotopic (exact) mass is 521 g/mol. The third-order valence-corrected chi connectivity index (χ3v) is 9.97. The second kappa shape index (κ2) is 10.4. The fourth-order valence-corrected chi connectivity index (χ4v) is 7.50. The summed E-state index contributed by atoms with van der Waals surface area (Å²) in [6, 6.07) is 12.3. The molecule has 2 heterocycles. The van der Waals surface area contributed by atoms with E-state index in [1.165, 1.54) is 45.0 Å². The molecular weight excluding hydrogens is 490 g/mol. The zero-order valence-corrected chi connectivity index (χ0v) is 21.5. The zero-order chi connectivity index (χ0) is 25.2. The molecule has 1 N–H and O–H groups in total.